The number of benzene rings is 1. The molecular formula is C14H21NO2. The number of fused-ring (bicyclic) bond motifs is 1. The van der Waals surface area contributed by atoms with Crippen LogP contribution in [-0.2, 0) is 6.42 Å². The highest BCUT2D eigenvalue weighted by Crippen LogP contribution is 2.30. The topological polar surface area (TPSA) is 30.5 Å². The van der Waals surface area contributed by atoms with Gasteiger partial charge in [-0.1, -0.05) is 13.0 Å². The lowest BCUT2D eigenvalue weighted by molar-refractivity contribution is 0.171. The van der Waals surface area contributed by atoms with E-state index in [1.165, 1.54) is 18.4 Å². The molecule has 0 bridgehead atoms. The highest BCUT2D eigenvalue weighted by atomic mass is 16.6. The molecule has 3 heteroatoms. The van der Waals surface area contributed by atoms with Crippen molar-refractivity contribution in [2.45, 2.75) is 26.2 Å². The van der Waals surface area contributed by atoms with Crippen LogP contribution in [-0.4, -0.2) is 26.3 Å². The molecule has 0 fully saturated rings. The molecule has 1 aromatic rings. The molecule has 0 aromatic heterocycles. The van der Waals surface area contributed by atoms with Crippen molar-refractivity contribution < 1.29 is 9.47 Å². The molecule has 0 atom stereocenters. The summed E-state index contributed by atoms with van der Waals surface area (Å²) in [4.78, 5) is 0. The van der Waals surface area contributed by atoms with Crippen LogP contribution in [0, 0.1) is 0 Å². The molecule has 1 aromatic carbocycles. The first kappa shape index (κ1) is 12.2. The van der Waals surface area contributed by atoms with Gasteiger partial charge in [0.25, 0.3) is 0 Å². The summed E-state index contributed by atoms with van der Waals surface area (Å²) in [6.07, 6.45) is 3.46. The third-order valence-electron chi connectivity index (χ3n) is 2.85. The van der Waals surface area contributed by atoms with Gasteiger partial charge in [-0.2, -0.15) is 0 Å². The van der Waals surface area contributed by atoms with Crippen molar-refractivity contribution in [3.63, 3.8) is 0 Å². The van der Waals surface area contributed by atoms with E-state index in [4.69, 9.17) is 9.47 Å². The Kier molecular flexibility index (Phi) is 4.68. The fraction of sp³-hybridized carbons (Fsp3) is 0.571. The van der Waals surface area contributed by atoms with Crippen LogP contribution in [0.3, 0.4) is 0 Å². The quantitative estimate of drug-likeness (QED) is 0.768. The molecule has 1 aliphatic heterocycles. The van der Waals surface area contributed by atoms with E-state index in [-0.39, 0.29) is 0 Å². The summed E-state index contributed by atoms with van der Waals surface area (Å²) >= 11 is 0. The second kappa shape index (κ2) is 6.50. The first-order valence-electron chi connectivity index (χ1n) is 6.49. The fourth-order valence-corrected chi connectivity index (χ4v) is 1.96. The predicted molar refractivity (Wildman–Crippen MR) is 68.9 cm³/mol. The zero-order valence-electron chi connectivity index (χ0n) is 10.5. The zero-order valence-corrected chi connectivity index (χ0v) is 10.5. The van der Waals surface area contributed by atoms with Gasteiger partial charge in [-0.15, -0.1) is 0 Å². The van der Waals surface area contributed by atoms with E-state index in [9.17, 15) is 0 Å². The molecule has 0 radical (unpaired) electrons. The van der Waals surface area contributed by atoms with Crippen molar-refractivity contribution in [1.29, 1.82) is 0 Å². The first-order chi connectivity index (χ1) is 8.40. The average molecular weight is 235 g/mol. The van der Waals surface area contributed by atoms with Crippen LogP contribution in [0.2, 0.25) is 0 Å². The molecule has 3 nitrogen and oxygen atoms in total. The van der Waals surface area contributed by atoms with E-state index >= 15 is 0 Å². The number of ether oxygens (including phenoxy) is 2. The van der Waals surface area contributed by atoms with Crippen LogP contribution in [0.15, 0.2) is 18.2 Å². The Morgan fingerprint density at radius 1 is 1.12 bits per heavy atom. The van der Waals surface area contributed by atoms with Crippen molar-refractivity contribution >= 4 is 0 Å². The van der Waals surface area contributed by atoms with Crippen molar-refractivity contribution in [2.75, 3.05) is 26.3 Å². The van der Waals surface area contributed by atoms with Crippen LogP contribution < -0.4 is 14.8 Å². The lowest BCUT2D eigenvalue weighted by atomic mass is 10.1. The molecule has 0 saturated carbocycles. The Balaban J connectivity index is 1.81. The summed E-state index contributed by atoms with van der Waals surface area (Å²) in [5.74, 6) is 1.78. The molecule has 1 heterocycles. The maximum Gasteiger partial charge on any atom is 0.161 e. The summed E-state index contributed by atoms with van der Waals surface area (Å²) in [5.41, 5.74) is 1.33. The normalized spacial score (nSPS) is 13.7. The molecule has 1 aliphatic rings. The Morgan fingerprint density at radius 2 is 1.94 bits per heavy atom. The van der Waals surface area contributed by atoms with Gasteiger partial charge in [0.2, 0.25) is 0 Å². The van der Waals surface area contributed by atoms with Crippen LogP contribution in [0.1, 0.15) is 25.3 Å². The number of nitrogens with one attached hydrogen (secondary N) is 1. The van der Waals surface area contributed by atoms with E-state index in [0.29, 0.717) is 13.2 Å². The van der Waals surface area contributed by atoms with Gasteiger partial charge in [-0.25, -0.2) is 0 Å². The van der Waals surface area contributed by atoms with Crippen molar-refractivity contribution in [1.82, 2.24) is 5.32 Å². The highest BCUT2D eigenvalue weighted by molar-refractivity contribution is 5.43. The molecule has 0 unspecified atom stereocenters. The van der Waals surface area contributed by atoms with Gasteiger partial charge in [0.1, 0.15) is 13.2 Å². The third kappa shape index (κ3) is 3.63. The summed E-state index contributed by atoms with van der Waals surface area (Å²) in [7, 11) is 0. The van der Waals surface area contributed by atoms with Gasteiger partial charge in [0, 0.05) is 0 Å². The number of rotatable bonds is 6. The number of hydrogen-bond donors (Lipinski definition) is 1. The molecule has 1 N–H and O–H groups in total. The van der Waals surface area contributed by atoms with E-state index in [1.807, 2.05) is 6.07 Å². The fourth-order valence-electron chi connectivity index (χ4n) is 1.96. The first-order valence-corrected chi connectivity index (χ1v) is 6.49. The summed E-state index contributed by atoms with van der Waals surface area (Å²) in [6, 6.07) is 6.25. The zero-order chi connectivity index (χ0) is 11.9. The average Bonchev–Trinajstić information content (AvgIpc) is 2.38. The molecule has 0 amide bonds. The Labute approximate surface area is 103 Å². The van der Waals surface area contributed by atoms with Crippen LogP contribution >= 0.6 is 0 Å². The minimum absolute atomic E-state index is 0.660. The van der Waals surface area contributed by atoms with E-state index < -0.39 is 0 Å². The number of hydrogen-bond acceptors (Lipinski definition) is 3. The van der Waals surface area contributed by atoms with Crippen LogP contribution in [0.5, 0.6) is 11.5 Å². The largest absolute Gasteiger partial charge is 0.486 e. The lowest BCUT2D eigenvalue weighted by Gasteiger charge is -2.18. The second-order valence-corrected chi connectivity index (χ2v) is 4.33. The maximum absolute atomic E-state index is 5.57. The van der Waals surface area contributed by atoms with Gasteiger partial charge in [0.15, 0.2) is 11.5 Å². The SMILES string of the molecule is CCCNCCCc1ccc2c(c1)OCCO2. The standard InChI is InChI=1S/C14H21NO2/c1-2-7-15-8-3-4-12-5-6-13-14(11-12)17-10-9-16-13/h5-6,11,15H,2-4,7-10H2,1H3. The van der Waals surface area contributed by atoms with Gasteiger partial charge in [-0.3, -0.25) is 0 Å². The summed E-state index contributed by atoms with van der Waals surface area (Å²) in [6.45, 7) is 5.71. The van der Waals surface area contributed by atoms with Gasteiger partial charge < -0.3 is 14.8 Å². The van der Waals surface area contributed by atoms with E-state index in [2.05, 4.69) is 24.4 Å². The molecule has 0 saturated heterocycles. The molecule has 94 valence electrons. The Morgan fingerprint density at radius 3 is 2.76 bits per heavy atom. The summed E-state index contributed by atoms with van der Waals surface area (Å²) < 4.78 is 11.1. The number of aryl methyl sites for hydroxylation is 1. The Bertz CT molecular complexity index is 352. The monoisotopic (exact) mass is 235 g/mol. The molecule has 2 rings (SSSR count). The molecule has 17 heavy (non-hydrogen) atoms. The predicted octanol–water partition coefficient (Wildman–Crippen LogP) is 2.39. The van der Waals surface area contributed by atoms with Crippen LogP contribution in [0.4, 0.5) is 0 Å². The maximum atomic E-state index is 5.57. The molecule has 0 aliphatic carbocycles. The second-order valence-electron chi connectivity index (χ2n) is 4.33. The minimum Gasteiger partial charge on any atom is -0.486 e. The third-order valence-corrected chi connectivity index (χ3v) is 2.85. The van der Waals surface area contributed by atoms with Crippen molar-refractivity contribution in [2.24, 2.45) is 0 Å². The van der Waals surface area contributed by atoms with Gasteiger partial charge in [-0.05, 0) is 50.0 Å². The minimum atomic E-state index is 0.660. The van der Waals surface area contributed by atoms with Gasteiger partial charge >= 0.3 is 0 Å². The highest BCUT2D eigenvalue weighted by Gasteiger charge is 2.11. The Hall–Kier alpha value is -1.22. The van der Waals surface area contributed by atoms with Gasteiger partial charge in [0.05, 0.1) is 0 Å². The van der Waals surface area contributed by atoms with Crippen molar-refractivity contribution in [3.8, 4) is 11.5 Å². The van der Waals surface area contributed by atoms with E-state index in [0.717, 1.165) is 31.0 Å². The smallest absolute Gasteiger partial charge is 0.161 e. The molecular weight excluding hydrogens is 214 g/mol. The van der Waals surface area contributed by atoms with E-state index in [1.54, 1.807) is 0 Å². The van der Waals surface area contributed by atoms with Crippen molar-refractivity contribution in [3.05, 3.63) is 23.8 Å². The molecule has 0 spiro atoms. The lowest BCUT2D eigenvalue weighted by Crippen LogP contribution is -2.17. The summed E-state index contributed by atoms with van der Waals surface area (Å²) in [5, 5.41) is 3.41. The van der Waals surface area contributed by atoms with Crippen LogP contribution in [0.25, 0.3) is 0 Å².